The number of hydrogen-bond acceptors (Lipinski definition) is 6. The second-order valence-electron chi connectivity index (χ2n) is 10.8. The highest BCUT2D eigenvalue weighted by atomic mass is 32.1. The summed E-state index contributed by atoms with van der Waals surface area (Å²) in [5, 5.41) is 6.24. The van der Waals surface area contributed by atoms with Gasteiger partial charge in [-0.15, -0.1) is 0 Å². The van der Waals surface area contributed by atoms with E-state index in [0.29, 0.717) is 12.1 Å². The predicted molar refractivity (Wildman–Crippen MR) is 153 cm³/mol. The van der Waals surface area contributed by atoms with Crippen LogP contribution in [0.25, 0.3) is 0 Å². The van der Waals surface area contributed by atoms with Gasteiger partial charge in [-0.3, -0.25) is 19.3 Å². The Hall–Kier alpha value is -2.94. The van der Waals surface area contributed by atoms with Gasteiger partial charge >= 0.3 is 0 Å². The van der Waals surface area contributed by atoms with Gasteiger partial charge in [-0.05, 0) is 74.7 Å². The van der Waals surface area contributed by atoms with Crippen LogP contribution >= 0.6 is 11.5 Å². The third-order valence-electron chi connectivity index (χ3n) is 8.01. The minimum absolute atomic E-state index is 0.0788. The smallest absolute Gasteiger partial charge is 0.273 e. The number of nitrogens with two attached hydrogens (primary N) is 1. The zero-order valence-electron chi connectivity index (χ0n) is 22.8. The second-order valence-corrected chi connectivity index (χ2v) is 11.5. The minimum Gasteiger partial charge on any atom is -0.395 e. The van der Waals surface area contributed by atoms with Crippen LogP contribution < -0.4 is 21.3 Å². The number of rotatable bonds is 9. The van der Waals surface area contributed by atoms with Gasteiger partial charge in [0.05, 0.1) is 5.69 Å². The lowest BCUT2D eigenvalue weighted by atomic mass is 9.95. The minimum atomic E-state index is -0.699. The van der Waals surface area contributed by atoms with Crippen molar-refractivity contribution < 1.29 is 14.4 Å². The number of nitrogen functional groups attached to an aromatic ring is 1. The number of amides is 3. The molecule has 206 valence electrons. The molecule has 2 aromatic rings. The molecule has 9 heteroatoms. The number of benzene rings is 1. The summed E-state index contributed by atoms with van der Waals surface area (Å²) in [5.41, 5.74) is 9.21. The third kappa shape index (κ3) is 6.20. The van der Waals surface area contributed by atoms with E-state index in [2.05, 4.69) is 15.0 Å². The predicted octanol–water partition coefficient (Wildman–Crippen LogP) is 5.28. The summed E-state index contributed by atoms with van der Waals surface area (Å²) in [5.74, 6) is -0.885. The van der Waals surface area contributed by atoms with Gasteiger partial charge in [-0.2, -0.15) is 4.37 Å². The van der Waals surface area contributed by atoms with Crippen molar-refractivity contribution >= 4 is 40.6 Å². The highest BCUT2D eigenvalue weighted by Crippen LogP contribution is 2.32. The highest BCUT2D eigenvalue weighted by molar-refractivity contribution is 7.09. The summed E-state index contributed by atoms with van der Waals surface area (Å²) in [6, 6.07) is 5.31. The zero-order chi connectivity index (χ0) is 27.2. The monoisotopic (exact) mass is 539 g/mol. The lowest BCUT2D eigenvalue weighted by molar-refractivity contribution is -0.123. The van der Waals surface area contributed by atoms with Crippen LogP contribution in [0.15, 0.2) is 18.2 Å². The summed E-state index contributed by atoms with van der Waals surface area (Å²) in [6.07, 6.45) is 10.6. The number of aromatic nitrogens is 1. The Balaban J connectivity index is 1.67. The number of aryl methyl sites for hydroxylation is 1. The first-order valence-electron chi connectivity index (χ1n) is 14.1. The van der Waals surface area contributed by atoms with Gasteiger partial charge < -0.3 is 16.4 Å². The Kier molecular flexibility index (Phi) is 9.41. The molecule has 0 unspecified atom stereocenters. The molecule has 8 nitrogen and oxygen atoms in total. The van der Waals surface area contributed by atoms with E-state index in [1.165, 1.54) is 6.42 Å². The molecule has 1 atom stereocenters. The first kappa shape index (κ1) is 28.1. The molecule has 38 heavy (non-hydrogen) atoms. The SMILES string of the molecule is CCC[C@@H](C(=O)NC1CCCC1)N(C(=O)c1snc(C(=O)NC2CCCCC2)c1N)c1cccc(C)c1C. The highest BCUT2D eigenvalue weighted by Gasteiger charge is 2.36. The topological polar surface area (TPSA) is 117 Å². The van der Waals surface area contributed by atoms with Crippen LogP contribution in [0.3, 0.4) is 0 Å². The van der Waals surface area contributed by atoms with Crippen LogP contribution in [0.5, 0.6) is 0 Å². The van der Waals surface area contributed by atoms with Gasteiger partial charge in [0.2, 0.25) is 5.91 Å². The molecule has 0 bridgehead atoms. The number of nitrogens with one attached hydrogen (secondary N) is 2. The molecule has 0 saturated heterocycles. The van der Waals surface area contributed by atoms with Crippen molar-refractivity contribution in [2.24, 2.45) is 0 Å². The molecule has 4 N–H and O–H groups in total. The Morgan fingerprint density at radius 1 is 1.03 bits per heavy atom. The molecule has 0 radical (unpaired) electrons. The number of carbonyl (C=O) groups is 3. The largest absolute Gasteiger partial charge is 0.395 e. The van der Waals surface area contributed by atoms with Crippen LogP contribution in [-0.4, -0.2) is 40.2 Å². The molecule has 3 amide bonds. The average Bonchev–Trinajstić information content (AvgIpc) is 3.56. The normalized spacial score (nSPS) is 17.2. The van der Waals surface area contributed by atoms with Crippen molar-refractivity contribution in [3.05, 3.63) is 39.9 Å². The van der Waals surface area contributed by atoms with E-state index in [1.54, 1.807) is 4.90 Å². The molecule has 2 aliphatic carbocycles. The summed E-state index contributed by atoms with van der Waals surface area (Å²) in [6.45, 7) is 5.96. The molecular weight excluding hydrogens is 498 g/mol. The average molecular weight is 540 g/mol. The molecule has 0 spiro atoms. The fourth-order valence-electron chi connectivity index (χ4n) is 5.66. The van der Waals surface area contributed by atoms with Gasteiger partial charge in [0.25, 0.3) is 11.8 Å². The van der Waals surface area contributed by atoms with Crippen molar-refractivity contribution in [3.63, 3.8) is 0 Å². The Morgan fingerprint density at radius 2 is 1.66 bits per heavy atom. The molecule has 0 aliphatic heterocycles. The number of anilines is 2. The maximum atomic E-state index is 14.2. The molecule has 2 saturated carbocycles. The van der Waals surface area contributed by atoms with E-state index in [-0.39, 0.29) is 40.2 Å². The lowest BCUT2D eigenvalue weighted by Gasteiger charge is -2.33. The van der Waals surface area contributed by atoms with Crippen LogP contribution in [0.2, 0.25) is 0 Å². The summed E-state index contributed by atoms with van der Waals surface area (Å²) in [7, 11) is 0. The first-order chi connectivity index (χ1) is 18.3. The Morgan fingerprint density at radius 3 is 2.32 bits per heavy atom. The van der Waals surface area contributed by atoms with Crippen molar-refractivity contribution in [2.45, 2.75) is 110 Å². The molecular formula is C29H41N5O3S. The van der Waals surface area contributed by atoms with Crippen molar-refractivity contribution in [3.8, 4) is 0 Å². The molecule has 4 rings (SSSR count). The molecule has 2 fully saturated rings. The van der Waals surface area contributed by atoms with Gasteiger partial charge in [-0.1, -0.05) is 57.6 Å². The number of hydrogen-bond donors (Lipinski definition) is 3. The van der Waals surface area contributed by atoms with E-state index >= 15 is 0 Å². The standard InChI is InChI=1S/C29H41N5O3S/c1-4-11-23(27(35)31-20-15-8-9-16-20)34(22-17-10-12-18(2)19(22)3)29(37)26-24(30)25(33-38-26)28(36)32-21-13-6-5-7-14-21/h10,12,17,20-21,23H,4-9,11,13-16,30H2,1-3H3,(H,31,35)(H,32,36)/t23-/m0/s1. The van der Waals surface area contributed by atoms with Gasteiger partial charge in [-0.25, -0.2) is 0 Å². The number of carbonyl (C=O) groups excluding carboxylic acids is 3. The van der Waals surface area contributed by atoms with Crippen molar-refractivity contribution in [2.75, 3.05) is 10.6 Å². The first-order valence-corrected chi connectivity index (χ1v) is 14.8. The maximum Gasteiger partial charge on any atom is 0.273 e. The van der Waals surface area contributed by atoms with Gasteiger partial charge in [0.15, 0.2) is 5.69 Å². The molecule has 1 heterocycles. The van der Waals surface area contributed by atoms with E-state index in [1.807, 2.05) is 39.0 Å². The third-order valence-corrected chi connectivity index (χ3v) is 8.86. The van der Waals surface area contributed by atoms with Crippen LogP contribution in [0.1, 0.15) is 109 Å². The Bertz CT molecular complexity index is 1150. The molecule has 1 aromatic heterocycles. The van der Waals surface area contributed by atoms with E-state index in [0.717, 1.165) is 80.4 Å². The maximum absolute atomic E-state index is 14.2. The van der Waals surface area contributed by atoms with Crippen LogP contribution in [-0.2, 0) is 4.79 Å². The fourth-order valence-corrected chi connectivity index (χ4v) is 6.39. The fraction of sp³-hybridized carbons (Fsp3) is 0.586. The lowest BCUT2D eigenvalue weighted by Crippen LogP contribution is -2.52. The van der Waals surface area contributed by atoms with Gasteiger partial charge in [0.1, 0.15) is 10.9 Å². The van der Waals surface area contributed by atoms with Gasteiger partial charge in [0, 0.05) is 17.8 Å². The second kappa shape index (κ2) is 12.7. The Labute approximate surface area is 229 Å². The summed E-state index contributed by atoms with van der Waals surface area (Å²) >= 11 is 0.929. The number of nitrogens with zero attached hydrogens (tertiary/aromatic N) is 2. The molecule has 1 aromatic carbocycles. The quantitative estimate of drug-likeness (QED) is 0.401. The molecule has 2 aliphatic rings. The van der Waals surface area contributed by atoms with Crippen LogP contribution in [0, 0.1) is 13.8 Å². The zero-order valence-corrected chi connectivity index (χ0v) is 23.7. The summed E-state index contributed by atoms with van der Waals surface area (Å²) in [4.78, 5) is 42.6. The van der Waals surface area contributed by atoms with E-state index < -0.39 is 11.9 Å². The summed E-state index contributed by atoms with van der Waals surface area (Å²) < 4.78 is 4.31. The van der Waals surface area contributed by atoms with E-state index in [9.17, 15) is 14.4 Å². The van der Waals surface area contributed by atoms with Crippen molar-refractivity contribution in [1.29, 1.82) is 0 Å². The van der Waals surface area contributed by atoms with Crippen molar-refractivity contribution in [1.82, 2.24) is 15.0 Å². The van der Waals surface area contributed by atoms with E-state index in [4.69, 9.17) is 5.73 Å². The van der Waals surface area contributed by atoms with Crippen LogP contribution in [0.4, 0.5) is 11.4 Å².